The maximum Gasteiger partial charge on any atom is 0.136 e. The van der Waals surface area contributed by atoms with Crippen molar-refractivity contribution in [1.29, 1.82) is 0 Å². The molecule has 1 heteroatoms. The molecule has 0 N–H and O–H groups in total. The molecular weight excluding hydrogens is 617 g/mol. The molecule has 1 heterocycles. The van der Waals surface area contributed by atoms with Gasteiger partial charge in [-0.3, -0.25) is 0 Å². The largest absolute Gasteiger partial charge is 0.456 e. The van der Waals surface area contributed by atoms with Crippen LogP contribution in [-0.2, 0) is 0 Å². The van der Waals surface area contributed by atoms with Crippen LogP contribution in [0.25, 0.3) is 109 Å². The summed E-state index contributed by atoms with van der Waals surface area (Å²) in [5, 5.41) is 8.27. The Kier molecular flexibility index (Phi) is 4.57. The van der Waals surface area contributed by atoms with Gasteiger partial charge >= 0.3 is 0 Å². The van der Waals surface area contributed by atoms with Crippen molar-refractivity contribution < 1.29 is 15.4 Å². The van der Waals surface area contributed by atoms with Crippen molar-refractivity contribution in [2.75, 3.05) is 0 Å². The Bertz CT molecular complexity index is 3580. The zero-order valence-electron chi connectivity index (χ0n) is 35.1. The Hall–Kier alpha value is -6.70. The van der Waals surface area contributed by atoms with Crippen LogP contribution < -0.4 is 0 Å². The molecule has 1 aromatic heterocycles. The van der Waals surface area contributed by atoms with Gasteiger partial charge in [0.05, 0.1) is 11.0 Å². The highest BCUT2D eigenvalue weighted by Crippen LogP contribution is 2.48. The van der Waals surface area contributed by atoms with E-state index in [9.17, 15) is 5.48 Å². The Morgan fingerprint density at radius 3 is 1.59 bits per heavy atom. The van der Waals surface area contributed by atoms with Gasteiger partial charge in [0, 0.05) is 10.8 Å². The molecule has 0 aliphatic heterocycles. The molecule has 0 spiro atoms. The minimum absolute atomic E-state index is 0.171. The standard InChI is InChI=1S/C50H30O/c1-2-15-34-29-45(44(28-33(34)14-1)35-24-26-43-47(30-35)51-46-27-25-32-13-4-6-18-37(32)50(43)46)49-41-21-9-7-19-39(41)48(40-20-8-10-22-42(40)49)38-23-11-16-31-12-3-5-17-36(31)38/h1-30H/i7D,8D,9D,10D,19D,20D,21D,22D. The first kappa shape index (κ1) is 21.4. The highest BCUT2D eigenvalue weighted by atomic mass is 16.3. The topological polar surface area (TPSA) is 13.1 Å². The van der Waals surface area contributed by atoms with Gasteiger partial charge in [0.1, 0.15) is 11.2 Å². The number of benzene rings is 10. The first-order chi connectivity index (χ1) is 28.6. The van der Waals surface area contributed by atoms with E-state index >= 15 is 0 Å². The Balaban J connectivity index is 1.35. The average Bonchev–Trinajstić information content (AvgIpc) is 3.66. The van der Waals surface area contributed by atoms with Crippen LogP contribution >= 0.6 is 0 Å². The maximum absolute atomic E-state index is 9.61. The summed E-state index contributed by atoms with van der Waals surface area (Å²) >= 11 is 0. The highest BCUT2D eigenvalue weighted by Gasteiger charge is 2.21. The fraction of sp³-hybridized carbons (Fsp3) is 0. The van der Waals surface area contributed by atoms with Gasteiger partial charge in [0.15, 0.2) is 0 Å². The summed E-state index contributed by atoms with van der Waals surface area (Å²) in [6.45, 7) is 0. The lowest BCUT2D eigenvalue weighted by Crippen LogP contribution is -1.94. The Morgan fingerprint density at radius 1 is 0.353 bits per heavy atom. The molecule has 0 fully saturated rings. The van der Waals surface area contributed by atoms with Gasteiger partial charge in [-0.15, -0.1) is 0 Å². The Labute approximate surface area is 305 Å². The SMILES string of the molecule is [2H]c1c([2H])c([2H])c2c(-c3cccc4ccccc34)c3c([2H])c([2H])c([2H])c([2H])c3c(-c3cc4ccccc4cc3-c3ccc4c(c3)oc3ccc5ccccc5c34)c2c1[2H]. The van der Waals surface area contributed by atoms with Crippen molar-refractivity contribution >= 4 is 75.8 Å². The predicted molar refractivity (Wildman–Crippen MR) is 218 cm³/mol. The van der Waals surface area contributed by atoms with Gasteiger partial charge < -0.3 is 4.42 Å². The van der Waals surface area contributed by atoms with Gasteiger partial charge in [-0.05, 0) is 118 Å². The molecule has 0 atom stereocenters. The number of fused-ring (bicyclic) bond motifs is 9. The molecule has 1 nitrogen and oxygen atoms in total. The summed E-state index contributed by atoms with van der Waals surface area (Å²) in [6, 6.07) is 40.5. The van der Waals surface area contributed by atoms with Crippen molar-refractivity contribution in [2.24, 2.45) is 0 Å². The van der Waals surface area contributed by atoms with Crippen molar-refractivity contribution in [1.82, 2.24) is 0 Å². The summed E-state index contributed by atoms with van der Waals surface area (Å²) in [5.74, 6) is 0. The van der Waals surface area contributed by atoms with Crippen LogP contribution in [0, 0.1) is 0 Å². The summed E-state index contributed by atoms with van der Waals surface area (Å²) in [4.78, 5) is 0. The summed E-state index contributed by atoms with van der Waals surface area (Å²) in [6.07, 6.45) is 0. The summed E-state index contributed by atoms with van der Waals surface area (Å²) in [5.41, 5.74) is 4.67. The zero-order chi connectivity index (χ0) is 40.4. The van der Waals surface area contributed by atoms with E-state index in [4.69, 9.17) is 9.90 Å². The maximum atomic E-state index is 9.61. The number of hydrogen-bond donors (Lipinski definition) is 0. The van der Waals surface area contributed by atoms with Crippen LogP contribution in [0.15, 0.2) is 186 Å². The minimum atomic E-state index is -0.439. The van der Waals surface area contributed by atoms with E-state index in [2.05, 4.69) is 12.1 Å². The molecule has 0 saturated carbocycles. The second kappa shape index (κ2) is 10.9. The number of furan rings is 1. The molecule has 236 valence electrons. The average molecular weight is 655 g/mol. The van der Waals surface area contributed by atoms with Crippen molar-refractivity contribution in [3.05, 3.63) is 182 Å². The van der Waals surface area contributed by atoms with E-state index in [1.165, 1.54) is 0 Å². The van der Waals surface area contributed by atoms with Crippen molar-refractivity contribution in [2.45, 2.75) is 0 Å². The molecule has 0 bridgehead atoms. The van der Waals surface area contributed by atoms with Crippen LogP contribution in [-0.4, -0.2) is 0 Å². The minimum Gasteiger partial charge on any atom is -0.456 e. The quantitative estimate of drug-likeness (QED) is 0.173. The number of hydrogen-bond acceptors (Lipinski definition) is 1. The van der Waals surface area contributed by atoms with Crippen LogP contribution in [0.2, 0.25) is 0 Å². The first-order valence-corrected chi connectivity index (χ1v) is 16.9. The summed E-state index contributed by atoms with van der Waals surface area (Å²) < 4.78 is 80.7. The lowest BCUT2D eigenvalue weighted by Gasteiger charge is -2.21. The molecule has 11 aromatic rings. The van der Waals surface area contributed by atoms with Gasteiger partial charge in [-0.25, -0.2) is 0 Å². The molecule has 0 radical (unpaired) electrons. The molecule has 11 rings (SSSR count). The molecule has 0 amide bonds. The lowest BCUT2D eigenvalue weighted by molar-refractivity contribution is 0.669. The lowest BCUT2D eigenvalue weighted by atomic mass is 9.82. The van der Waals surface area contributed by atoms with E-state index in [0.29, 0.717) is 33.4 Å². The normalized spacial score (nSPS) is 14.1. The fourth-order valence-corrected chi connectivity index (χ4v) is 8.01. The summed E-state index contributed by atoms with van der Waals surface area (Å²) in [7, 11) is 0. The molecular formula is C50H30O. The van der Waals surface area contributed by atoms with Crippen LogP contribution in [0.5, 0.6) is 0 Å². The first-order valence-electron chi connectivity index (χ1n) is 20.9. The van der Waals surface area contributed by atoms with E-state index in [-0.39, 0.29) is 45.7 Å². The van der Waals surface area contributed by atoms with E-state index in [1.54, 1.807) is 0 Å². The van der Waals surface area contributed by atoms with Crippen LogP contribution in [0.1, 0.15) is 11.0 Å². The van der Waals surface area contributed by atoms with Gasteiger partial charge in [0.25, 0.3) is 0 Å². The van der Waals surface area contributed by atoms with Gasteiger partial charge in [0.2, 0.25) is 0 Å². The molecule has 0 aliphatic rings. The second-order valence-electron chi connectivity index (χ2n) is 13.0. The van der Waals surface area contributed by atoms with Crippen LogP contribution in [0.3, 0.4) is 0 Å². The Morgan fingerprint density at radius 2 is 0.902 bits per heavy atom. The van der Waals surface area contributed by atoms with Crippen LogP contribution in [0.4, 0.5) is 0 Å². The van der Waals surface area contributed by atoms with E-state index in [1.807, 2.05) is 121 Å². The number of rotatable bonds is 3. The molecule has 10 aromatic carbocycles. The second-order valence-corrected chi connectivity index (χ2v) is 13.0. The van der Waals surface area contributed by atoms with Crippen molar-refractivity contribution in [3.63, 3.8) is 0 Å². The highest BCUT2D eigenvalue weighted by molar-refractivity contribution is 6.25. The third-order valence-corrected chi connectivity index (χ3v) is 10.3. The predicted octanol–water partition coefficient (Wildman–Crippen LogP) is 14.4. The van der Waals surface area contributed by atoms with Gasteiger partial charge in [-0.2, -0.15) is 0 Å². The van der Waals surface area contributed by atoms with E-state index in [0.717, 1.165) is 54.2 Å². The van der Waals surface area contributed by atoms with Gasteiger partial charge in [-0.1, -0.05) is 151 Å². The molecule has 0 aliphatic carbocycles. The van der Waals surface area contributed by atoms with E-state index < -0.39 is 24.2 Å². The molecule has 0 saturated heterocycles. The smallest absolute Gasteiger partial charge is 0.136 e. The molecule has 0 unspecified atom stereocenters. The molecule has 51 heavy (non-hydrogen) atoms. The fourth-order valence-electron chi connectivity index (χ4n) is 8.01. The third kappa shape index (κ3) is 4.22. The van der Waals surface area contributed by atoms with Crippen molar-refractivity contribution in [3.8, 4) is 33.4 Å². The monoisotopic (exact) mass is 654 g/mol. The zero-order valence-corrected chi connectivity index (χ0v) is 27.1. The third-order valence-electron chi connectivity index (χ3n) is 10.3.